The fraction of sp³-hybridized carbons (Fsp3) is 0.440. The molecule has 0 aliphatic heterocycles. The third kappa shape index (κ3) is 5.88. The molecule has 0 bridgehead atoms. The Kier molecular flexibility index (Phi) is 8.03. The standard InChI is InChI=1S/C25H30N2O6/c1-5-7-21(28)33-23-20(31-4)12-13-26-22(23)24(29)27-16(3)25(30)32-18-11-10-17-9-6-8-15(2)19(17)14-18/h6,8-9,12-13,16,18H,5,7,10-11,14H2,1-4H3,(H,27,29)/t16-,18?/m0/s1. The third-order valence-corrected chi connectivity index (χ3v) is 5.63. The van der Waals surface area contributed by atoms with E-state index in [0.717, 1.165) is 12.8 Å². The van der Waals surface area contributed by atoms with Gasteiger partial charge in [0.15, 0.2) is 11.4 Å². The number of aromatic nitrogens is 1. The molecule has 1 aromatic heterocycles. The summed E-state index contributed by atoms with van der Waals surface area (Å²) in [5.74, 6) is -1.57. The van der Waals surface area contributed by atoms with E-state index in [1.165, 1.54) is 36.1 Å². The van der Waals surface area contributed by atoms with E-state index in [2.05, 4.69) is 29.4 Å². The van der Waals surface area contributed by atoms with Gasteiger partial charge in [-0.05, 0) is 49.8 Å². The van der Waals surface area contributed by atoms with Gasteiger partial charge in [0.05, 0.1) is 7.11 Å². The summed E-state index contributed by atoms with van der Waals surface area (Å²) in [5.41, 5.74) is 3.56. The van der Waals surface area contributed by atoms with Gasteiger partial charge >= 0.3 is 11.9 Å². The van der Waals surface area contributed by atoms with Crippen molar-refractivity contribution in [3.8, 4) is 11.5 Å². The highest BCUT2D eigenvalue weighted by Gasteiger charge is 2.28. The molecule has 0 saturated heterocycles. The summed E-state index contributed by atoms with van der Waals surface area (Å²) in [5, 5.41) is 2.59. The number of nitrogens with zero attached hydrogens (tertiary/aromatic N) is 1. The number of benzene rings is 1. The van der Waals surface area contributed by atoms with Gasteiger partial charge in [-0.3, -0.25) is 9.59 Å². The van der Waals surface area contributed by atoms with Crippen molar-refractivity contribution in [1.82, 2.24) is 10.3 Å². The molecule has 0 spiro atoms. The van der Waals surface area contributed by atoms with E-state index in [0.29, 0.717) is 12.8 Å². The van der Waals surface area contributed by atoms with Crippen molar-refractivity contribution in [2.24, 2.45) is 0 Å². The number of hydrogen-bond acceptors (Lipinski definition) is 7. The summed E-state index contributed by atoms with van der Waals surface area (Å²) in [4.78, 5) is 41.6. The zero-order valence-electron chi connectivity index (χ0n) is 19.5. The number of rotatable bonds is 8. The second kappa shape index (κ2) is 10.9. The molecule has 1 amide bonds. The molecule has 0 fully saturated rings. The van der Waals surface area contributed by atoms with Crippen LogP contribution in [0.25, 0.3) is 0 Å². The number of pyridine rings is 1. The third-order valence-electron chi connectivity index (χ3n) is 5.63. The lowest BCUT2D eigenvalue weighted by Crippen LogP contribution is -2.42. The lowest BCUT2D eigenvalue weighted by atomic mass is 9.87. The molecule has 1 aromatic carbocycles. The van der Waals surface area contributed by atoms with Gasteiger partial charge in [-0.2, -0.15) is 0 Å². The summed E-state index contributed by atoms with van der Waals surface area (Å²) >= 11 is 0. The zero-order valence-corrected chi connectivity index (χ0v) is 19.5. The number of nitrogens with one attached hydrogen (secondary N) is 1. The normalized spacial score (nSPS) is 15.7. The smallest absolute Gasteiger partial charge is 0.328 e. The van der Waals surface area contributed by atoms with Gasteiger partial charge in [0, 0.05) is 25.1 Å². The Morgan fingerprint density at radius 1 is 1.24 bits per heavy atom. The number of hydrogen-bond donors (Lipinski definition) is 1. The quantitative estimate of drug-likeness (QED) is 0.610. The first kappa shape index (κ1) is 24.2. The average Bonchev–Trinajstić information content (AvgIpc) is 2.79. The lowest BCUT2D eigenvalue weighted by Gasteiger charge is -2.27. The lowest BCUT2D eigenvalue weighted by molar-refractivity contribution is -0.151. The second-order valence-electron chi connectivity index (χ2n) is 8.12. The van der Waals surface area contributed by atoms with E-state index in [4.69, 9.17) is 14.2 Å². The van der Waals surface area contributed by atoms with Crippen LogP contribution in [0.5, 0.6) is 11.5 Å². The largest absolute Gasteiger partial charge is 0.493 e. The van der Waals surface area contributed by atoms with Crippen molar-refractivity contribution in [2.45, 2.75) is 65.0 Å². The van der Waals surface area contributed by atoms with Gasteiger partial charge < -0.3 is 19.5 Å². The molecule has 2 atom stereocenters. The Hall–Kier alpha value is -3.42. The predicted molar refractivity (Wildman–Crippen MR) is 121 cm³/mol. The van der Waals surface area contributed by atoms with Gasteiger partial charge in [0.2, 0.25) is 5.75 Å². The van der Waals surface area contributed by atoms with Crippen LogP contribution in [-0.2, 0) is 27.2 Å². The minimum atomic E-state index is -0.914. The summed E-state index contributed by atoms with van der Waals surface area (Å²) in [6.07, 6.45) is 4.14. The molecule has 1 unspecified atom stereocenters. The maximum Gasteiger partial charge on any atom is 0.328 e. The molecule has 1 N–H and O–H groups in total. The van der Waals surface area contributed by atoms with Crippen molar-refractivity contribution in [3.63, 3.8) is 0 Å². The van der Waals surface area contributed by atoms with Crippen LogP contribution in [0.2, 0.25) is 0 Å². The van der Waals surface area contributed by atoms with Crippen LogP contribution in [0.3, 0.4) is 0 Å². The fourth-order valence-electron chi connectivity index (χ4n) is 3.85. The first-order chi connectivity index (χ1) is 15.8. The van der Waals surface area contributed by atoms with E-state index in [-0.39, 0.29) is 29.7 Å². The van der Waals surface area contributed by atoms with E-state index < -0.39 is 23.9 Å². The summed E-state index contributed by atoms with van der Waals surface area (Å²) in [6.45, 7) is 5.44. The van der Waals surface area contributed by atoms with Gasteiger partial charge in [-0.1, -0.05) is 25.1 Å². The van der Waals surface area contributed by atoms with E-state index in [9.17, 15) is 14.4 Å². The van der Waals surface area contributed by atoms with Crippen LogP contribution in [-0.4, -0.2) is 42.1 Å². The van der Waals surface area contributed by atoms with Crippen LogP contribution >= 0.6 is 0 Å². The maximum absolute atomic E-state index is 12.9. The molecule has 1 aliphatic rings. The number of carbonyl (C=O) groups is 3. The van der Waals surface area contributed by atoms with Crippen molar-refractivity contribution in [3.05, 3.63) is 52.8 Å². The first-order valence-electron chi connectivity index (χ1n) is 11.2. The molecule has 176 valence electrons. The van der Waals surface area contributed by atoms with Crippen molar-refractivity contribution in [2.75, 3.05) is 7.11 Å². The Bertz CT molecular complexity index is 1040. The van der Waals surface area contributed by atoms with Crippen LogP contribution < -0.4 is 14.8 Å². The molecule has 33 heavy (non-hydrogen) atoms. The Morgan fingerprint density at radius 2 is 2.03 bits per heavy atom. The number of ether oxygens (including phenoxy) is 3. The summed E-state index contributed by atoms with van der Waals surface area (Å²) < 4.78 is 16.2. The number of amides is 1. The molecule has 1 aliphatic carbocycles. The van der Waals surface area contributed by atoms with Crippen LogP contribution in [0, 0.1) is 6.92 Å². The minimum Gasteiger partial charge on any atom is -0.493 e. The average molecular weight is 455 g/mol. The molecule has 0 radical (unpaired) electrons. The molecule has 8 heteroatoms. The summed E-state index contributed by atoms with van der Waals surface area (Å²) in [7, 11) is 1.40. The maximum atomic E-state index is 12.9. The number of carbonyl (C=O) groups excluding carboxylic acids is 3. The number of methoxy groups -OCH3 is 1. The number of fused-ring (bicyclic) bond motifs is 1. The first-order valence-corrected chi connectivity index (χ1v) is 11.2. The molecular weight excluding hydrogens is 424 g/mol. The molecule has 2 aromatic rings. The van der Waals surface area contributed by atoms with Crippen LogP contribution in [0.15, 0.2) is 30.5 Å². The van der Waals surface area contributed by atoms with Gasteiger partial charge in [-0.25, -0.2) is 9.78 Å². The number of aryl methyl sites for hydroxylation is 2. The molecule has 1 heterocycles. The second-order valence-corrected chi connectivity index (χ2v) is 8.12. The molecule has 0 saturated carbocycles. The monoisotopic (exact) mass is 454 g/mol. The van der Waals surface area contributed by atoms with E-state index >= 15 is 0 Å². The highest BCUT2D eigenvalue weighted by molar-refractivity contribution is 5.98. The molecule has 8 nitrogen and oxygen atoms in total. The highest BCUT2D eigenvalue weighted by Crippen LogP contribution is 2.30. The van der Waals surface area contributed by atoms with Gasteiger partial charge in [0.25, 0.3) is 5.91 Å². The van der Waals surface area contributed by atoms with E-state index in [1.807, 2.05) is 13.0 Å². The fourth-order valence-corrected chi connectivity index (χ4v) is 3.85. The van der Waals surface area contributed by atoms with Gasteiger partial charge in [0.1, 0.15) is 12.1 Å². The molecule has 3 rings (SSSR count). The SMILES string of the molecule is CCCC(=O)Oc1c(OC)ccnc1C(=O)N[C@@H](C)C(=O)OC1CCc2cccc(C)c2C1. The number of esters is 2. The van der Waals surface area contributed by atoms with Crippen molar-refractivity contribution in [1.29, 1.82) is 0 Å². The predicted octanol–water partition coefficient (Wildman–Crippen LogP) is 3.32. The minimum absolute atomic E-state index is 0.0733. The highest BCUT2D eigenvalue weighted by atomic mass is 16.6. The molecular formula is C25H30N2O6. The topological polar surface area (TPSA) is 104 Å². The Balaban J connectivity index is 1.66. The van der Waals surface area contributed by atoms with Crippen LogP contribution in [0.4, 0.5) is 0 Å². The van der Waals surface area contributed by atoms with Crippen LogP contribution in [0.1, 0.15) is 60.3 Å². The zero-order chi connectivity index (χ0) is 24.0. The van der Waals surface area contributed by atoms with Crippen molar-refractivity contribution >= 4 is 17.8 Å². The summed E-state index contributed by atoms with van der Waals surface area (Å²) in [6, 6.07) is 6.78. The Morgan fingerprint density at radius 3 is 2.76 bits per heavy atom. The van der Waals surface area contributed by atoms with Gasteiger partial charge in [-0.15, -0.1) is 0 Å². The van der Waals surface area contributed by atoms with E-state index in [1.54, 1.807) is 6.92 Å². The Labute approximate surface area is 193 Å². The van der Waals surface area contributed by atoms with Crippen molar-refractivity contribution < 1.29 is 28.6 Å².